The molecular weight excluding hydrogens is 374 g/mol. The molecule has 0 aliphatic rings. The van der Waals surface area contributed by atoms with Crippen LogP contribution in [-0.2, 0) is 13.8 Å². The number of carbonyl (C=O) groups excluding carboxylic acids is 1. The van der Waals surface area contributed by atoms with E-state index in [1.165, 1.54) is 28.7 Å². The van der Waals surface area contributed by atoms with Gasteiger partial charge < -0.3 is 15.2 Å². The van der Waals surface area contributed by atoms with Crippen molar-refractivity contribution in [3.63, 3.8) is 0 Å². The van der Waals surface area contributed by atoms with Gasteiger partial charge in [-0.3, -0.25) is 9.48 Å². The first kappa shape index (κ1) is 18.5. The van der Waals surface area contributed by atoms with E-state index in [2.05, 4.69) is 15.5 Å². The van der Waals surface area contributed by atoms with Gasteiger partial charge in [0.25, 0.3) is 5.91 Å². The van der Waals surface area contributed by atoms with Gasteiger partial charge in [0.15, 0.2) is 18.1 Å². The topological polar surface area (TPSA) is 111 Å². The first-order chi connectivity index (χ1) is 12.8. The lowest BCUT2D eigenvalue weighted by molar-refractivity contribution is 0.0686. The number of benzene rings is 1. The molecule has 1 amide bonds. The van der Waals surface area contributed by atoms with Gasteiger partial charge >= 0.3 is 5.97 Å². The Morgan fingerprint density at radius 3 is 2.81 bits per heavy atom. The molecule has 3 aromatic rings. The molecule has 0 aliphatic heterocycles. The molecule has 0 aliphatic carbocycles. The van der Waals surface area contributed by atoms with Crippen LogP contribution < -0.4 is 10.1 Å². The number of hydrogen-bond donors (Lipinski definition) is 2. The zero-order valence-electron chi connectivity index (χ0n) is 14.5. The number of carbonyl (C=O) groups is 2. The third-order valence-corrected chi connectivity index (χ3v) is 4.18. The molecule has 0 bridgehead atoms. The van der Waals surface area contributed by atoms with Crippen LogP contribution in [0.1, 0.15) is 26.5 Å². The van der Waals surface area contributed by atoms with Crippen LogP contribution in [0.15, 0.2) is 36.7 Å². The summed E-state index contributed by atoms with van der Waals surface area (Å²) in [6.45, 7) is 1.97. The molecule has 0 radical (unpaired) electrons. The summed E-state index contributed by atoms with van der Waals surface area (Å²) in [5.74, 6) is -1.12. The third-order valence-electron chi connectivity index (χ3n) is 3.76. The molecule has 0 saturated carbocycles. The zero-order chi connectivity index (χ0) is 19.6. The lowest BCUT2D eigenvalue weighted by atomic mass is 10.2. The van der Waals surface area contributed by atoms with Gasteiger partial charge in [0, 0.05) is 18.3 Å². The summed E-state index contributed by atoms with van der Waals surface area (Å²) in [5, 5.41) is 20.3. The van der Waals surface area contributed by atoms with Crippen molar-refractivity contribution in [2.75, 3.05) is 5.32 Å². The van der Waals surface area contributed by atoms with E-state index in [0.717, 1.165) is 5.56 Å². The van der Waals surface area contributed by atoms with Crippen LogP contribution in [0.2, 0.25) is 5.02 Å². The lowest BCUT2D eigenvalue weighted by Crippen LogP contribution is -2.16. The molecule has 9 nitrogen and oxygen atoms in total. The SMILES string of the molecule is Cc1cc(OCn2ccc(C(=O)Nc3cnn(C)c3C(=O)O)n2)ccc1Cl. The second-order valence-corrected chi connectivity index (χ2v) is 6.12. The summed E-state index contributed by atoms with van der Waals surface area (Å²) in [4.78, 5) is 23.5. The van der Waals surface area contributed by atoms with Gasteiger partial charge in [-0.2, -0.15) is 10.2 Å². The van der Waals surface area contributed by atoms with Crippen LogP contribution in [-0.4, -0.2) is 36.5 Å². The molecule has 0 saturated heterocycles. The maximum absolute atomic E-state index is 12.3. The van der Waals surface area contributed by atoms with Crippen LogP contribution in [0.5, 0.6) is 5.75 Å². The average molecular weight is 390 g/mol. The number of amides is 1. The highest BCUT2D eigenvalue weighted by Gasteiger charge is 2.19. The predicted octanol–water partition coefficient (Wildman–Crippen LogP) is 2.57. The van der Waals surface area contributed by atoms with Crippen molar-refractivity contribution < 1.29 is 19.4 Å². The van der Waals surface area contributed by atoms with Crippen LogP contribution in [0.3, 0.4) is 0 Å². The zero-order valence-corrected chi connectivity index (χ0v) is 15.3. The maximum Gasteiger partial charge on any atom is 0.356 e. The Labute approximate surface area is 159 Å². The second-order valence-electron chi connectivity index (χ2n) is 5.71. The van der Waals surface area contributed by atoms with Gasteiger partial charge in [0.1, 0.15) is 5.75 Å². The number of rotatable bonds is 6. The Hall–Kier alpha value is -3.33. The van der Waals surface area contributed by atoms with Crippen molar-refractivity contribution in [1.29, 1.82) is 0 Å². The fourth-order valence-electron chi connectivity index (χ4n) is 2.37. The minimum atomic E-state index is -1.19. The van der Waals surface area contributed by atoms with Crippen molar-refractivity contribution in [2.45, 2.75) is 13.7 Å². The van der Waals surface area contributed by atoms with Crippen LogP contribution in [0, 0.1) is 6.92 Å². The van der Waals surface area contributed by atoms with Crippen molar-refractivity contribution in [3.05, 3.63) is 58.6 Å². The number of halogens is 1. The van der Waals surface area contributed by atoms with Crippen LogP contribution in [0.25, 0.3) is 0 Å². The molecule has 0 fully saturated rings. The number of aryl methyl sites for hydroxylation is 2. The molecule has 27 heavy (non-hydrogen) atoms. The molecular formula is C17H16ClN5O4. The first-order valence-electron chi connectivity index (χ1n) is 7.84. The number of nitrogens with zero attached hydrogens (tertiary/aromatic N) is 4. The van der Waals surface area contributed by atoms with Gasteiger partial charge in [-0.1, -0.05) is 11.6 Å². The van der Waals surface area contributed by atoms with Gasteiger partial charge in [0.05, 0.1) is 11.9 Å². The number of aromatic carboxylic acids is 1. The Kier molecular flexibility index (Phi) is 5.13. The molecule has 0 unspecified atom stereocenters. The summed E-state index contributed by atoms with van der Waals surface area (Å²) in [6.07, 6.45) is 2.85. The summed E-state index contributed by atoms with van der Waals surface area (Å²) in [5.41, 5.74) is 0.980. The number of nitrogens with one attached hydrogen (secondary N) is 1. The van der Waals surface area contributed by atoms with Crippen molar-refractivity contribution in [3.8, 4) is 5.75 Å². The van der Waals surface area contributed by atoms with Gasteiger partial charge in [0.2, 0.25) is 0 Å². The van der Waals surface area contributed by atoms with Crippen molar-refractivity contribution in [2.24, 2.45) is 7.05 Å². The molecule has 0 spiro atoms. The number of carboxylic acid groups (broad SMARTS) is 1. The summed E-state index contributed by atoms with van der Waals surface area (Å²) in [6, 6.07) is 6.78. The molecule has 2 aromatic heterocycles. The highest BCUT2D eigenvalue weighted by molar-refractivity contribution is 6.31. The maximum atomic E-state index is 12.3. The predicted molar refractivity (Wildman–Crippen MR) is 97.2 cm³/mol. The van der Waals surface area contributed by atoms with Gasteiger partial charge in [-0.15, -0.1) is 0 Å². The normalized spacial score (nSPS) is 10.6. The third kappa shape index (κ3) is 4.09. The molecule has 2 heterocycles. The van der Waals surface area contributed by atoms with Crippen molar-refractivity contribution in [1.82, 2.24) is 19.6 Å². The smallest absolute Gasteiger partial charge is 0.356 e. The Bertz CT molecular complexity index is 1010. The minimum absolute atomic E-state index is 0.0949. The fourth-order valence-corrected chi connectivity index (χ4v) is 2.49. The van der Waals surface area contributed by atoms with E-state index < -0.39 is 11.9 Å². The van der Waals surface area contributed by atoms with Gasteiger partial charge in [-0.05, 0) is 36.8 Å². The standard InChI is InChI=1S/C17H16ClN5O4/c1-10-7-11(3-4-12(10)18)27-9-23-6-5-13(21-23)16(24)20-14-8-19-22(2)15(14)17(25)26/h3-8H,9H2,1-2H3,(H,20,24)(H,25,26). The quantitative estimate of drug-likeness (QED) is 0.670. The fraction of sp³-hybridized carbons (Fsp3) is 0.176. The molecule has 0 atom stereocenters. The van der Waals surface area contributed by atoms with Gasteiger partial charge in [-0.25, -0.2) is 9.48 Å². The number of ether oxygens (including phenoxy) is 1. The second kappa shape index (κ2) is 7.50. The van der Waals surface area contributed by atoms with E-state index in [4.69, 9.17) is 16.3 Å². The number of hydrogen-bond acceptors (Lipinski definition) is 5. The number of carboxylic acids is 1. The van der Waals surface area contributed by atoms with E-state index in [9.17, 15) is 14.7 Å². The van der Waals surface area contributed by atoms with Crippen LogP contribution >= 0.6 is 11.6 Å². The largest absolute Gasteiger partial charge is 0.476 e. The molecule has 140 valence electrons. The molecule has 3 rings (SSSR count). The Balaban J connectivity index is 1.65. The highest BCUT2D eigenvalue weighted by atomic mass is 35.5. The van der Waals surface area contributed by atoms with Crippen LogP contribution in [0.4, 0.5) is 5.69 Å². The summed E-state index contributed by atoms with van der Waals surface area (Å²) >= 11 is 5.97. The summed E-state index contributed by atoms with van der Waals surface area (Å²) in [7, 11) is 1.48. The van der Waals surface area contributed by atoms with E-state index in [1.54, 1.807) is 24.4 Å². The van der Waals surface area contributed by atoms with E-state index in [0.29, 0.717) is 10.8 Å². The highest BCUT2D eigenvalue weighted by Crippen LogP contribution is 2.21. The minimum Gasteiger partial charge on any atom is -0.476 e. The van der Waals surface area contributed by atoms with Crippen molar-refractivity contribution >= 4 is 29.2 Å². The van der Waals surface area contributed by atoms with E-state index in [-0.39, 0.29) is 23.8 Å². The first-order valence-corrected chi connectivity index (χ1v) is 8.22. The Morgan fingerprint density at radius 1 is 1.33 bits per heavy atom. The van der Waals surface area contributed by atoms with E-state index >= 15 is 0 Å². The summed E-state index contributed by atoms with van der Waals surface area (Å²) < 4.78 is 8.22. The average Bonchev–Trinajstić information content (AvgIpc) is 3.23. The monoisotopic (exact) mass is 389 g/mol. The lowest BCUT2D eigenvalue weighted by Gasteiger charge is -2.07. The van der Waals surface area contributed by atoms with E-state index in [1.807, 2.05) is 6.92 Å². The molecule has 1 aromatic carbocycles. The molecule has 10 heteroatoms. The number of aromatic nitrogens is 4. The number of anilines is 1. The molecule has 2 N–H and O–H groups in total. The Morgan fingerprint density at radius 2 is 2.11 bits per heavy atom.